The van der Waals surface area contributed by atoms with Gasteiger partial charge in [-0.15, -0.1) is 0 Å². The summed E-state index contributed by atoms with van der Waals surface area (Å²) in [6, 6.07) is 0. The highest BCUT2D eigenvalue weighted by Gasteiger charge is 2.39. The number of carbonyl (C=O) groups excluding carboxylic acids is 4. The number of esters is 3. The molecule has 0 saturated heterocycles. The quantitative estimate of drug-likeness (QED) is 0.144. The molecular formula is C26H38O7. The molecule has 0 aromatic heterocycles. The molecular weight excluding hydrogens is 424 g/mol. The van der Waals surface area contributed by atoms with Crippen molar-refractivity contribution in [2.75, 3.05) is 7.11 Å². The second kappa shape index (κ2) is 16.0. The van der Waals surface area contributed by atoms with E-state index in [1.807, 2.05) is 24.3 Å². The normalized spacial score (nSPS) is 16.3. The van der Waals surface area contributed by atoms with E-state index in [1.165, 1.54) is 27.4 Å². The van der Waals surface area contributed by atoms with Crippen LogP contribution >= 0.6 is 0 Å². The summed E-state index contributed by atoms with van der Waals surface area (Å²) in [6.07, 6.45) is 14.4. The molecule has 1 atom stereocenters. The number of methoxy groups -OCH3 is 1. The Morgan fingerprint density at radius 3 is 2.24 bits per heavy atom. The van der Waals surface area contributed by atoms with Crippen molar-refractivity contribution in [2.24, 2.45) is 5.92 Å². The molecule has 1 aliphatic rings. The molecule has 33 heavy (non-hydrogen) atoms. The Morgan fingerprint density at radius 2 is 1.64 bits per heavy atom. The largest absolute Gasteiger partial charge is 0.469 e. The summed E-state index contributed by atoms with van der Waals surface area (Å²) in [5.74, 6) is -1.96. The molecule has 0 aliphatic heterocycles. The Balaban J connectivity index is 3.00. The smallest absolute Gasteiger partial charge is 0.305 e. The lowest BCUT2D eigenvalue weighted by Gasteiger charge is -2.23. The van der Waals surface area contributed by atoms with Crippen LogP contribution in [0.1, 0.15) is 85.0 Å². The SMILES string of the molecule is CCCCCC/C=C/C1=C(C/C=C/CCCC(=O)OC)C(=O)C[C@H]1C(OC(C)=O)OC(C)=O. The second-order valence-electron chi connectivity index (χ2n) is 8.15. The van der Waals surface area contributed by atoms with Gasteiger partial charge in [-0.2, -0.15) is 0 Å². The van der Waals surface area contributed by atoms with Crippen LogP contribution in [0.5, 0.6) is 0 Å². The van der Waals surface area contributed by atoms with Crippen LogP contribution in [-0.4, -0.2) is 37.1 Å². The predicted octanol–water partition coefficient (Wildman–Crippen LogP) is 5.14. The van der Waals surface area contributed by atoms with E-state index >= 15 is 0 Å². The minimum absolute atomic E-state index is 0.0471. The van der Waals surface area contributed by atoms with E-state index in [2.05, 4.69) is 11.7 Å². The molecule has 7 nitrogen and oxygen atoms in total. The third-order valence-corrected chi connectivity index (χ3v) is 5.37. The molecule has 0 aromatic rings. The summed E-state index contributed by atoms with van der Waals surface area (Å²) in [5.41, 5.74) is 1.39. The first-order valence-corrected chi connectivity index (χ1v) is 11.8. The molecule has 0 aromatic carbocycles. The van der Waals surface area contributed by atoms with Gasteiger partial charge in [-0.05, 0) is 37.7 Å². The van der Waals surface area contributed by atoms with Crippen LogP contribution in [0.3, 0.4) is 0 Å². The minimum Gasteiger partial charge on any atom is -0.469 e. The fourth-order valence-corrected chi connectivity index (χ4v) is 3.72. The van der Waals surface area contributed by atoms with E-state index in [0.717, 1.165) is 31.3 Å². The van der Waals surface area contributed by atoms with Crippen LogP contribution in [0.15, 0.2) is 35.5 Å². The zero-order valence-electron chi connectivity index (χ0n) is 20.4. The van der Waals surface area contributed by atoms with Crippen LogP contribution in [0.2, 0.25) is 0 Å². The van der Waals surface area contributed by atoms with Gasteiger partial charge in [0.05, 0.1) is 13.0 Å². The molecule has 0 N–H and O–H groups in total. The van der Waals surface area contributed by atoms with Crippen LogP contribution in [0.25, 0.3) is 0 Å². The summed E-state index contributed by atoms with van der Waals surface area (Å²) >= 11 is 0. The summed E-state index contributed by atoms with van der Waals surface area (Å²) in [6.45, 7) is 4.66. The van der Waals surface area contributed by atoms with Gasteiger partial charge in [-0.1, -0.05) is 50.5 Å². The van der Waals surface area contributed by atoms with Gasteiger partial charge in [0.1, 0.15) is 0 Å². The lowest BCUT2D eigenvalue weighted by molar-refractivity contribution is -0.192. The van der Waals surface area contributed by atoms with Crippen LogP contribution in [0, 0.1) is 5.92 Å². The van der Waals surface area contributed by atoms with Gasteiger partial charge in [-0.3, -0.25) is 19.2 Å². The molecule has 1 aliphatic carbocycles. The highest BCUT2D eigenvalue weighted by molar-refractivity contribution is 6.00. The van der Waals surface area contributed by atoms with E-state index in [1.54, 1.807) is 0 Å². The third kappa shape index (κ3) is 11.1. The number of allylic oxidation sites excluding steroid dienone is 5. The molecule has 0 bridgehead atoms. The average Bonchev–Trinajstić information content (AvgIpc) is 3.07. The van der Waals surface area contributed by atoms with E-state index in [4.69, 9.17) is 9.47 Å². The van der Waals surface area contributed by atoms with Crippen molar-refractivity contribution < 1.29 is 33.4 Å². The molecule has 0 amide bonds. The maximum atomic E-state index is 12.8. The minimum atomic E-state index is -1.13. The number of Topliss-reactive ketones (excluding diaryl/α,β-unsaturated/α-hetero) is 1. The number of ketones is 1. The summed E-state index contributed by atoms with van der Waals surface area (Å²) in [5, 5.41) is 0. The van der Waals surface area contributed by atoms with E-state index < -0.39 is 24.1 Å². The highest BCUT2D eigenvalue weighted by atomic mass is 16.7. The van der Waals surface area contributed by atoms with Gasteiger partial charge in [-0.25, -0.2) is 0 Å². The number of hydrogen-bond acceptors (Lipinski definition) is 7. The Bertz CT molecular complexity index is 745. The van der Waals surface area contributed by atoms with Gasteiger partial charge in [0.15, 0.2) is 5.78 Å². The molecule has 0 unspecified atom stereocenters. The number of hydrogen-bond donors (Lipinski definition) is 0. The van der Waals surface area contributed by atoms with Crippen molar-refractivity contribution in [3.05, 3.63) is 35.5 Å². The number of ether oxygens (including phenoxy) is 3. The zero-order chi connectivity index (χ0) is 24.6. The standard InChI is InChI=1S/C26H38O7/c1-5-6-7-8-9-12-15-21-22(16-13-10-11-14-17-25(30)31-4)24(29)18-23(21)26(32-19(2)27)33-20(3)28/h10,12-13,15,23,26H,5-9,11,14,16-18H2,1-4H3/b13-10+,15-12+/t23-/m1/s1. The van der Waals surface area contributed by atoms with Crippen LogP contribution in [-0.2, 0) is 33.4 Å². The van der Waals surface area contributed by atoms with Gasteiger partial charge in [0.2, 0.25) is 0 Å². The van der Waals surface area contributed by atoms with Crippen molar-refractivity contribution in [1.29, 1.82) is 0 Å². The fraction of sp³-hybridized carbons (Fsp3) is 0.615. The summed E-state index contributed by atoms with van der Waals surface area (Å²) in [7, 11) is 1.37. The van der Waals surface area contributed by atoms with E-state index in [0.29, 0.717) is 31.3 Å². The van der Waals surface area contributed by atoms with Crippen molar-refractivity contribution >= 4 is 23.7 Å². The summed E-state index contributed by atoms with van der Waals surface area (Å²) in [4.78, 5) is 47.2. The van der Waals surface area contributed by atoms with E-state index in [-0.39, 0.29) is 18.2 Å². The van der Waals surface area contributed by atoms with E-state index in [9.17, 15) is 19.2 Å². The average molecular weight is 463 g/mol. The third-order valence-electron chi connectivity index (χ3n) is 5.37. The molecule has 0 heterocycles. The Kier molecular flexibility index (Phi) is 13.7. The molecule has 0 fully saturated rings. The molecule has 0 saturated carbocycles. The maximum absolute atomic E-state index is 12.8. The Hall–Kier alpha value is -2.70. The summed E-state index contributed by atoms with van der Waals surface area (Å²) < 4.78 is 15.1. The Labute approximate surface area is 197 Å². The predicted molar refractivity (Wildman–Crippen MR) is 125 cm³/mol. The van der Waals surface area contributed by atoms with Gasteiger partial charge >= 0.3 is 17.9 Å². The maximum Gasteiger partial charge on any atom is 0.305 e. The number of carbonyl (C=O) groups is 4. The molecule has 7 heteroatoms. The van der Waals surface area contributed by atoms with Crippen molar-refractivity contribution in [1.82, 2.24) is 0 Å². The molecule has 0 spiro atoms. The highest BCUT2D eigenvalue weighted by Crippen LogP contribution is 2.36. The van der Waals surface area contributed by atoms with Crippen LogP contribution < -0.4 is 0 Å². The lowest BCUT2D eigenvalue weighted by atomic mass is 9.97. The topological polar surface area (TPSA) is 96.0 Å². The lowest BCUT2D eigenvalue weighted by Crippen LogP contribution is -2.31. The Morgan fingerprint density at radius 1 is 0.970 bits per heavy atom. The molecule has 1 rings (SSSR count). The first kappa shape index (κ1) is 28.3. The molecule has 184 valence electrons. The van der Waals surface area contributed by atoms with Gasteiger partial charge < -0.3 is 14.2 Å². The number of rotatable bonds is 15. The first-order chi connectivity index (χ1) is 15.8. The van der Waals surface area contributed by atoms with Crippen molar-refractivity contribution in [2.45, 2.75) is 91.3 Å². The second-order valence-corrected chi connectivity index (χ2v) is 8.15. The zero-order valence-corrected chi connectivity index (χ0v) is 20.4. The van der Waals surface area contributed by atoms with Crippen molar-refractivity contribution in [3.8, 4) is 0 Å². The fourth-order valence-electron chi connectivity index (χ4n) is 3.72. The van der Waals surface area contributed by atoms with Gasteiger partial charge in [0.25, 0.3) is 6.29 Å². The monoisotopic (exact) mass is 462 g/mol. The van der Waals surface area contributed by atoms with Gasteiger partial charge in [0, 0.05) is 32.3 Å². The van der Waals surface area contributed by atoms with Crippen molar-refractivity contribution in [3.63, 3.8) is 0 Å². The number of unbranched alkanes of at least 4 members (excludes halogenated alkanes) is 5. The van der Waals surface area contributed by atoms with Crippen LogP contribution in [0.4, 0.5) is 0 Å². The first-order valence-electron chi connectivity index (χ1n) is 11.8. The molecule has 0 radical (unpaired) electrons.